The molecule has 0 aliphatic rings. The van der Waals surface area contributed by atoms with E-state index in [0.717, 1.165) is 13.1 Å². The summed E-state index contributed by atoms with van der Waals surface area (Å²) in [5.41, 5.74) is 1.35. The van der Waals surface area contributed by atoms with Gasteiger partial charge in [-0.15, -0.1) is 0 Å². The van der Waals surface area contributed by atoms with Crippen LogP contribution in [0.4, 0.5) is 0 Å². The highest BCUT2D eigenvalue weighted by atomic mass is 15.3. The summed E-state index contributed by atoms with van der Waals surface area (Å²) in [6.07, 6.45) is 7.95. The molecule has 0 fully saturated rings. The zero-order valence-electron chi connectivity index (χ0n) is 11.1. The maximum Gasteiger partial charge on any atom is 0.0543 e. The first kappa shape index (κ1) is 13.2. The topological polar surface area (TPSA) is 29.9 Å². The summed E-state index contributed by atoms with van der Waals surface area (Å²) in [6.45, 7) is 10.8. The van der Waals surface area contributed by atoms with E-state index in [9.17, 15) is 0 Å². The summed E-state index contributed by atoms with van der Waals surface area (Å²) >= 11 is 0. The van der Waals surface area contributed by atoms with Gasteiger partial charge in [0.05, 0.1) is 11.7 Å². The van der Waals surface area contributed by atoms with Crippen LogP contribution in [0.1, 0.15) is 52.5 Å². The number of rotatable bonds is 6. The molecule has 0 bridgehead atoms. The van der Waals surface area contributed by atoms with Crippen LogP contribution >= 0.6 is 0 Å². The molecule has 1 aromatic rings. The van der Waals surface area contributed by atoms with Crippen LogP contribution in [0, 0.1) is 0 Å². The van der Waals surface area contributed by atoms with Crippen molar-refractivity contribution in [3.63, 3.8) is 0 Å². The van der Waals surface area contributed by atoms with E-state index < -0.39 is 0 Å². The molecule has 0 saturated carbocycles. The molecule has 0 spiro atoms. The first-order chi connectivity index (χ1) is 7.54. The lowest BCUT2D eigenvalue weighted by molar-refractivity contribution is 0.355. The second-order valence-electron chi connectivity index (χ2n) is 5.35. The molecule has 0 aliphatic heterocycles. The number of nitrogens with one attached hydrogen (secondary N) is 1. The number of hydrogen-bond acceptors (Lipinski definition) is 2. The van der Waals surface area contributed by atoms with Gasteiger partial charge in [-0.3, -0.25) is 4.68 Å². The van der Waals surface area contributed by atoms with Gasteiger partial charge in [-0.1, -0.05) is 19.8 Å². The Balaban J connectivity index is 2.30. The summed E-state index contributed by atoms with van der Waals surface area (Å²) < 4.78 is 2.02. The summed E-state index contributed by atoms with van der Waals surface area (Å²) in [5.74, 6) is 0. The van der Waals surface area contributed by atoms with Crippen molar-refractivity contribution >= 4 is 0 Å². The van der Waals surface area contributed by atoms with E-state index in [1.54, 1.807) is 0 Å². The molecule has 0 atom stereocenters. The predicted octanol–water partition coefficient (Wildman–Crippen LogP) is 2.92. The van der Waals surface area contributed by atoms with Gasteiger partial charge in [-0.05, 0) is 33.7 Å². The maximum atomic E-state index is 4.38. The monoisotopic (exact) mass is 223 g/mol. The van der Waals surface area contributed by atoms with E-state index in [4.69, 9.17) is 0 Å². The molecular weight excluding hydrogens is 198 g/mol. The van der Waals surface area contributed by atoms with Gasteiger partial charge in [0.25, 0.3) is 0 Å². The predicted molar refractivity (Wildman–Crippen MR) is 68.5 cm³/mol. The average molecular weight is 223 g/mol. The highest BCUT2D eigenvalue weighted by Crippen LogP contribution is 2.12. The molecular formula is C13H25N3. The number of nitrogens with zero attached hydrogens (tertiary/aromatic N) is 2. The van der Waals surface area contributed by atoms with Crippen molar-refractivity contribution in [1.82, 2.24) is 15.1 Å². The van der Waals surface area contributed by atoms with Crippen LogP contribution < -0.4 is 5.32 Å². The van der Waals surface area contributed by atoms with Crippen molar-refractivity contribution in [2.24, 2.45) is 0 Å². The van der Waals surface area contributed by atoms with Crippen LogP contribution in [0.15, 0.2) is 12.4 Å². The van der Waals surface area contributed by atoms with Crippen LogP contribution in [-0.4, -0.2) is 16.3 Å². The summed E-state index contributed by atoms with van der Waals surface area (Å²) in [5, 5.41) is 7.83. The molecule has 92 valence electrons. The van der Waals surface area contributed by atoms with E-state index in [0.29, 0.717) is 0 Å². The van der Waals surface area contributed by atoms with Gasteiger partial charge in [0, 0.05) is 18.3 Å². The standard InChI is InChI=1S/C13H25N3/c1-5-6-7-8-14-9-12-10-15-16(11-12)13(2,3)4/h10-11,14H,5-9H2,1-4H3. The summed E-state index contributed by atoms with van der Waals surface area (Å²) in [4.78, 5) is 0. The van der Waals surface area contributed by atoms with E-state index in [1.165, 1.54) is 24.8 Å². The average Bonchev–Trinajstić information content (AvgIpc) is 2.65. The fraction of sp³-hybridized carbons (Fsp3) is 0.769. The molecule has 1 heterocycles. The summed E-state index contributed by atoms with van der Waals surface area (Å²) in [6, 6.07) is 0. The maximum absolute atomic E-state index is 4.38. The first-order valence-electron chi connectivity index (χ1n) is 6.29. The van der Waals surface area contributed by atoms with Crippen molar-refractivity contribution in [3.05, 3.63) is 18.0 Å². The fourth-order valence-electron chi connectivity index (χ4n) is 1.55. The molecule has 0 aliphatic carbocycles. The molecule has 3 heteroatoms. The summed E-state index contributed by atoms with van der Waals surface area (Å²) in [7, 11) is 0. The van der Waals surface area contributed by atoms with Gasteiger partial charge >= 0.3 is 0 Å². The van der Waals surface area contributed by atoms with E-state index in [1.807, 2.05) is 10.9 Å². The highest BCUT2D eigenvalue weighted by molar-refractivity contribution is 5.04. The van der Waals surface area contributed by atoms with Crippen molar-refractivity contribution in [1.29, 1.82) is 0 Å². The Kier molecular flexibility index (Phi) is 5.00. The molecule has 16 heavy (non-hydrogen) atoms. The van der Waals surface area contributed by atoms with Crippen LogP contribution in [-0.2, 0) is 12.1 Å². The minimum Gasteiger partial charge on any atom is -0.313 e. The van der Waals surface area contributed by atoms with Gasteiger partial charge in [0.15, 0.2) is 0 Å². The van der Waals surface area contributed by atoms with E-state index in [2.05, 4.69) is 44.3 Å². The Hall–Kier alpha value is -0.830. The molecule has 1 rings (SSSR count). The smallest absolute Gasteiger partial charge is 0.0543 e. The van der Waals surface area contributed by atoms with Gasteiger partial charge in [-0.2, -0.15) is 5.10 Å². The Morgan fingerprint density at radius 1 is 1.31 bits per heavy atom. The third-order valence-corrected chi connectivity index (χ3v) is 2.61. The van der Waals surface area contributed by atoms with Crippen molar-refractivity contribution < 1.29 is 0 Å². The van der Waals surface area contributed by atoms with Gasteiger partial charge in [0.2, 0.25) is 0 Å². The van der Waals surface area contributed by atoms with Crippen molar-refractivity contribution in [2.45, 2.75) is 59.0 Å². The second kappa shape index (κ2) is 6.04. The van der Waals surface area contributed by atoms with Gasteiger partial charge in [-0.25, -0.2) is 0 Å². The van der Waals surface area contributed by atoms with Crippen LogP contribution in [0.2, 0.25) is 0 Å². The quantitative estimate of drug-likeness (QED) is 0.751. The zero-order chi connectivity index (χ0) is 12.0. The van der Waals surface area contributed by atoms with Gasteiger partial charge < -0.3 is 5.32 Å². The third-order valence-electron chi connectivity index (χ3n) is 2.61. The lowest BCUT2D eigenvalue weighted by Crippen LogP contribution is -2.22. The molecule has 1 N–H and O–H groups in total. The van der Waals surface area contributed by atoms with Crippen LogP contribution in [0.3, 0.4) is 0 Å². The molecule has 0 radical (unpaired) electrons. The van der Waals surface area contributed by atoms with Gasteiger partial charge in [0.1, 0.15) is 0 Å². The fourth-order valence-corrected chi connectivity index (χ4v) is 1.55. The zero-order valence-corrected chi connectivity index (χ0v) is 11.1. The first-order valence-corrected chi connectivity index (χ1v) is 6.29. The van der Waals surface area contributed by atoms with Crippen LogP contribution in [0.25, 0.3) is 0 Å². The second-order valence-corrected chi connectivity index (χ2v) is 5.35. The number of hydrogen-bond donors (Lipinski definition) is 1. The largest absolute Gasteiger partial charge is 0.313 e. The van der Waals surface area contributed by atoms with E-state index >= 15 is 0 Å². The molecule has 0 saturated heterocycles. The van der Waals surface area contributed by atoms with Crippen molar-refractivity contribution in [3.8, 4) is 0 Å². The minimum absolute atomic E-state index is 0.0838. The Morgan fingerprint density at radius 3 is 2.62 bits per heavy atom. The highest BCUT2D eigenvalue weighted by Gasteiger charge is 2.13. The Labute approximate surface area is 99.2 Å². The molecule has 0 aromatic carbocycles. The van der Waals surface area contributed by atoms with E-state index in [-0.39, 0.29) is 5.54 Å². The molecule has 3 nitrogen and oxygen atoms in total. The SMILES string of the molecule is CCCCCNCc1cnn(C(C)(C)C)c1. The molecule has 1 aromatic heterocycles. The van der Waals surface area contributed by atoms with Crippen LogP contribution in [0.5, 0.6) is 0 Å². The number of unbranched alkanes of at least 4 members (excludes halogenated alkanes) is 2. The van der Waals surface area contributed by atoms with Crippen molar-refractivity contribution in [2.75, 3.05) is 6.54 Å². The normalized spacial score (nSPS) is 12.0. The Bertz CT molecular complexity index is 296. The molecule has 0 unspecified atom stereocenters. The lowest BCUT2D eigenvalue weighted by Gasteiger charge is -2.18. The third kappa shape index (κ3) is 4.35. The Morgan fingerprint density at radius 2 is 2.06 bits per heavy atom. The number of aromatic nitrogens is 2. The molecule has 0 amide bonds. The lowest BCUT2D eigenvalue weighted by atomic mass is 10.1. The minimum atomic E-state index is 0.0838.